The molecule has 1 amide bonds. The van der Waals surface area contributed by atoms with Gasteiger partial charge in [-0.15, -0.1) is 0 Å². The lowest BCUT2D eigenvalue weighted by Crippen LogP contribution is -2.36. The molecule has 1 saturated heterocycles. The minimum Gasteiger partial charge on any atom is -0.356 e. The smallest absolute Gasteiger partial charge is 0.356 e. The van der Waals surface area contributed by atoms with Crippen molar-refractivity contribution in [1.29, 1.82) is 0 Å². The van der Waals surface area contributed by atoms with Gasteiger partial charge in [0.25, 0.3) is 0 Å². The maximum atomic E-state index is 14.9. The zero-order chi connectivity index (χ0) is 29.9. The number of carbonyl (C=O) groups is 1. The summed E-state index contributed by atoms with van der Waals surface area (Å²) in [5.74, 6) is -1.77. The third-order valence-electron chi connectivity index (χ3n) is 6.85. The first kappa shape index (κ1) is 30.8. The Hall–Kier alpha value is -3.19. The van der Waals surface area contributed by atoms with E-state index in [0.29, 0.717) is 34.6 Å². The number of pyridine rings is 1. The number of piperidine rings is 1. The Morgan fingerprint density at radius 3 is 2.39 bits per heavy atom. The molecular weight excluding hydrogens is 628 g/mol. The highest BCUT2D eigenvalue weighted by Gasteiger charge is 2.34. The fourth-order valence-corrected chi connectivity index (χ4v) is 5.71. The summed E-state index contributed by atoms with van der Waals surface area (Å²) < 4.78 is 81.3. The van der Waals surface area contributed by atoms with E-state index in [1.807, 2.05) is 4.90 Å². The zero-order valence-electron chi connectivity index (χ0n) is 22.3. The van der Waals surface area contributed by atoms with Crippen molar-refractivity contribution in [3.63, 3.8) is 0 Å². The molecule has 1 aromatic heterocycles. The molecule has 1 unspecified atom stereocenters. The highest BCUT2D eigenvalue weighted by Crippen LogP contribution is 2.33. The van der Waals surface area contributed by atoms with E-state index in [2.05, 4.69) is 37.9 Å². The van der Waals surface area contributed by atoms with Crippen LogP contribution in [-0.4, -0.2) is 38.7 Å². The number of hydrogen-bond acceptors (Lipinski definition) is 5. The minimum atomic E-state index is -4.62. The molecule has 1 fully saturated rings. The first-order valence-corrected chi connectivity index (χ1v) is 15.5. The molecule has 13 heteroatoms. The van der Waals surface area contributed by atoms with Gasteiger partial charge in [-0.1, -0.05) is 47.1 Å². The number of benzene rings is 2. The molecule has 0 saturated carbocycles. The second-order valence-corrected chi connectivity index (χ2v) is 12.8. The van der Waals surface area contributed by atoms with E-state index in [0.717, 1.165) is 31.2 Å². The number of amides is 1. The molecule has 2 aromatic carbocycles. The molecule has 0 aliphatic carbocycles. The molecule has 2 heterocycles. The molecule has 4 rings (SSSR count). The third-order valence-corrected chi connectivity index (χ3v) is 7.93. The van der Waals surface area contributed by atoms with Crippen LogP contribution in [0.1, 0.15) is 48.1 Å². The van der Waals surface area contributed by atoms with Gasteiger partial charge >= 0.3 is 6.18 Å². The molecule has 3 aromatic rings. The van der Waals surface area contributed by atoms with Crippen LogP contribution in [0.3, 0.4) is 0 Å². The first-order chi connectivity index (χ1) is 19.2. The fourth-order valence-electron chi connectivity index (χ4n) is 4.73. The average Bonchev–Trinajstić information content (AvgIpc) is 2.88. The normalized spacial score (nSPS) is 15.4. The largest absolute Gasteiger partial charge is 0.433 e. The summed E-state index contributed by atoms with van der Waals surface area (Å²) in [6.45, 7) is 3.08. The number of nitrogens with zero attached hydrogens (tertiary/aromatic N) is 2. The molecule has 0 bridgehead atoms. The van der Waals surface area contributed by atoms with E-state index in [9.17, 15) is 30.8 Å². The van der Waals surface area contributed by atoms with Crippen LogP contribution >= 0.6 is 15.9 Å². The highest BCUT2D eigenvalue weighted by molar-refractivity contribution is 9.10. The summed E-state index contributed by atoms with van der Waals surface area (Å²) in [4.78, 5) is 19.4. The Labute approximate surface area is 244 Å². The summed E-state index contributed by atoms with van der Waals surface area (Å²) in [7, 11) is -3.73. The van der Waals surface area contributed by atoms with Gasteiger partial charge in [0, 0.05) is 29.7 Å². The molecule has 0 radical (unpaired) electrons. The van der Waals surface area contributed by atoms with Crippen molar-refractivity contribution in [1.82, 2.24) is 10.3 Å². The summed E-state index contributed by atoms with van der Waals surface area (Å²) in [5.41, 5.74) is -0.0657. The monoisotopic (exact) mass is 656 g/mol. The van der Waals surface area contributed by atoms with Gasteiger partial charge in [0.1, 0.15) is 17.3 Å². The van der Waals surface area contributed by atoms with Crippen molar-refractivity contribution in [2.24, 2.45) is 5.92 Å². The second kappa shape index (κ2) is 12.4. The SMILES string of the molecule is CC1CCN(c2nc(C(F)(F)F)ccc2CNC(=O)C(c2cccc(Br)c2)c2ccc(NS(C)(=O)=O)c(F)c2)CC1. The molecule has 1 aliphatic heterocycles. The summed E-state index contributed by atoms with van der Waals surface area (Å²) >= 11 is 3.38. The number of sulfonamides is 1. The van der Waals surface area contributed by atoms with E-state index >= 15 is 0 Å². The number of anilines is 2. The standard InChI is InChI=1S/C28H29BrF4N4O3S/c1-17-10-12-37(13-11-17)26-20(7-9-24(35-26)28(31,32)33)16-34-27(38)25(18-4-3-5-21(29)14-18)19-6-8-23(22(30)15-19)36-41(2,39)40/h3-9,14-15,17,25,36H,10-13,16H2,1-2H3,(H,34,38). The van der Waals surface area contributed by atoms with Crippen LogP contribution < -0.4 is 14.9 Å². The number of aromatic nitrogens is 1. The van der Waals surface area contributed by atoms with Crippen LogP contribution in [-0.2, 0) is 27.5 Å². The van der Waals surface area contributed by atoms with Crippen LogP contribution in [0.5, 0.6) is 0 Å². The zero-order valence-corrected chi connectivity index (χ0v) is 24.7. The lowest BCUT2D eigenvalue weighted by atomic mass is 9.90. The van der Waals surface area contributed by atoms with Crippen LogP contribution in [0.15, 0.2) is 59.1 Å². The van der Waals surface area contributed by atoms with Crippen molar-refractivity contribution in [3.8, 4) is 0 Å². The Bertz CT molecular complexity index is 1530. The predicted molar refractivity (Wildman–Crippen MR) is 153 cm³/mol. The Morgan fingerprint density at radius 1 is 1.10 bits per heavy atom. The molecule has 1 aliphatic rings. The van der Waals surface area contributed by atoms with Gasteiger partial charge < -0.3 is 10.2 Å². The van der Waals surface area contributed by atoms with Crippen molar-refractivity contribution in [3.05, 3.63) is 87.3 Å². The third kappa shape index (κ3) is 7.97. The van der Waals surface area contributed by atoms with Gasteiger partial charge in [-0.05, 0) is 60.2 Å². The second-order valence-electron chi connectivity index (χ2n) is 10.2. The molecule has 0 spiro atoms. The van der Waals surface area contributed by atoms with E-state index in [1.54, 1.807) is 24.3 Å². The maximum Gasteiger partial charge on any atom is 0.433 e. The van der Waals surface area contributed by atoms with Crippen molar-refractivity contribution in [2.75, 3.05) is 29.0 Å². The topological polar surface area (TPSA) is 91.4 Å². The molecular formula is C28H29BrF4N4O3S. The van der Waals surface area contributed by atoms with Gasteiger partial charge in [0.05, 0.1) is 17.9 Å². The molecule has 1 atom stereocenters. The highest BCUT2D eigenvalue weighted by atomic mass is 79.9. The van der Waals surface area contributed by atoms with E-state index in [4.69, 9.17) is 0 Å². The summed E-state index contributed by atoms with van der Waals surface area (Å²) in [6, 6.07) is 12.8. The number of halogens is 5. The van der Waals surface area contributed by atoms with Gasteiger partial charge in [0.15, 0.2) is 0 Å². The number of nitrogens with one attached hydrogen (secondary N) is 2. The lowest BCUT2D eigenvalue weighted by Gasteiger charge is -2.33. The number of alkyl halides is 3. The fraction of sp³-hybridized carbons (Fsp3) is 0.357. The molecule has 220 valence electrons. The Morgan fingerprint density at radius 2 is 1.78 bits per heavy atom. The number of hydrogen-bond donors (Lipinski definition) is 2. The molecule has 2 N–H and O–H groups in total. The molecule has 41 heavy (non-hydrogen) atoms. The van der Waals surface area contributed by atoms with Crippen molar-refractivity contribution >= 4 is 43.4 Å². The Balaban J connectivity index is 1.65. The van der Waals surface area contributed by atoms with E-state index in [1.165, 1.54) is 18.2 Å². The quantitative estimate of drug-likeness (QED) is 0.288. The van der Waals surface area contributed by atoms with Crippen molar-refractivity contribution in [2.45, 2.75) is 38.4 Å². The van der Waals surface area contributed by atoms with Crippen LogP contribution in [0, 0.1) is 11.7 Å². The number of rotatable bonds is 8. The van der Waals surface area contributed by atoms with Gasteiger partial charge in [-0.2, -0.15) is 13.2 Å². The van der Waals surface area contributed by atoms with Crippen LogP contribution in [0.4, 0.5) is 29.1 Å². The van der Waals surface area contributed by atoms with Gasteiger partial charge in [0.2, 0.25) is 15.9 Å². The minimum absolute atomic E-state index is 0.105. The van der Waals surface area contributed by atoms with Crippen molar-refractivity contribution < 1.29 is 30.8 Å². The van der Waals surface area contributed by atoms with Gasteiger partial charge in [-0.3, -0.25) is 9.52 Å². The lowest BCUT2D eigenvalue weighted by molar-refractivity contribution is -0.141. The van der Waals surface area contributed by atoms with E-state index < -0.39 is 39.5 Å². The summed E-state index contributed by atoms with van der Waals surface area (Å²) in [5, 5.41) is 2.80. The van der Waals surface area contributed by atoms with Crippen LogP contribution in [0.2, 0.25) is 0 Å². The number of carbonyl (C=O) groups excluding carboxylic acids is 1. The van der Waals surface area contributed by atoms with Gasteiger partial charge in [-0.25, -0.2) is 17.8 Å². The van der Waals surface area contributed by atoms with Crippen LogP contribution in [0.25, 0.3) is 0 Å². The maximum absolute atomic E-state index is 14.9. The van der Waals surface area contributed by atoms with E-state index in [-0.39, 0.29) is 23.6 Å². The predicted octanol–water partition coefficient (Wildman–Crippen LogP) is 6.06. The summed E-state index contributed by atoms with van der Waals surface area (Å²) in [6.07, 6.45) is -2.10. The molecule has 7 nitrogen and oxygen atoms in total. The Kier molecular flexibility index (Phi) is 9.27. The first-order valence-electron chi connectivity index (χ1n) is 12.8. The average molecular weight is 658 g/mol.